The lowest BCUT2D eigenvalue weighted by Crippen LogP contribution is -2.49. The zero-order valence-electron chi connectivity index (χ0n) is 15.5. The van der Waals surface area contributed by atoms with Crippen molar-refractivity contribution >= 4 is 35.0 Å². The van der Waals surface area contributed by atoms with Crippen LogP contribution in [0.25, 0.3) is 0 Å². The topological polar surface area (TPSA) is 49.4 Å². The molecule has 0 spiro atoms. The maximum absolute atomic E-state index is 13.1. The number of carbonyl (C=O) groups excluding carboxylic acids is 2. The lowest BCUT2D eigenvalue weighted by Gasteiger charge is -2.30. The van der Waals surface area contributed by atoms with Crippen molar-refractivity contribution in [2.24, 2.45) is 0 Å². The number of halogens is 2. The molecule has 0 aliphatic rings. The SMILES string of the molecule is CCNC(=O)[C@@H](CC)N(Cc1ccc(Cl)cc1)C(=O)Cc1ccccc1Cl. The minimum Gasteiger partial charge on any atom is -0.355 e. The summed E-state index contributed by atoms with van der Waals surface area (Å²) in [5.74, 6) is -0.294. The van der Waals surface area contributed by atoms with Gasteiger partial charge in [-0.1, -0.05) is 60.5 Å². The number of rotatable bonds is 8. The molecule has 0 bridgehead atoms. The summed E-state index contributed by atoms with van der Waals surface area (Å²) in [6, 6.07) is 14.0. The van der Waals surface area contributed by atoms with E-state index in [1.807, 2.05) is 44.2 Å². The molecule has 1 atom stereocenters. The second-order valence-corrected chi connectivity index (χ2v) is 7.08. The Hall–Kier alpha value is -2.04. The van der Waals surface area contributed by atoms with E-state index in [2.05, 4.69) is 5.32 Å². The highest BCUT2D eigenvalue weighted by Crippen LogP contribution is 2.20. The first-order valence-corrected chi connectivity index (χ1v) is 9.76. The summed E-state index contributed by atoms with van der Waals surface area (Å²) in [5.41, 5.74) is 1.66. The third kappa shape index (κ3) is 5.98. The first-order valence-electron chi connectivity index (χ1n) is 9.01. The van der Waals surface area contributed by atoms with E-state index in [4.69, 9.17) is 23.2 Å². The van der Waals surface area contributed by atoms with Crippen LogP contribution in [-0.4, -0.2) is 29.3 Å². The van der Waals surface area contributed by atoms with E-state index in [1.54, 1.807) is 23.1 Å². The van der Waals surface area contributed by atoms with Crippen molar-refractivity contribution in [3.8, 4) is 0 Å². The van der Waals surface area contributed by atoms with Crippen LogP contribution in [0.5, 0.6) is 0 Å². The molecule has 0 radical (unpaired) electrons. The van der Waals surface area contributed by atoms with Gasteiger partial charge in [0.25, 0.3) is 0 Å². The second-order valence-electron chi connectivity index (χ2n) is 6.23. The summed E-state index contributed by atoms with van der Waals surface area (Å²) in [6.45, 7) is 4.61. The van der Waals surface area contributed by atoms with Crippen molar-refractivity contribution < 1.29 is 9.59 Å². The quantitative estimate of drug-likeness (QED) is 0.702. The highest BCUT2D eigenvalue weighted by atomic mass is 35.5. The maximum Gasteiger partial charge on any atom is 0.242 e. The zero-order chi connectivity index (χ0) is 19.8. The van der Waals surface area contributed by atoms with E-state index < -0.39 is 6.04 Å². The monoisotopic (exact) mass is 406 g/mol. The van der Waals surface area contributed by atoms with Gasteiger partial charge >= 0.3 is 0 Å². The van der Waals surface area contributed by atoms with Gasteiger partial charge in [0.1, 0.15) is 6.04 Å². The highest BCUT2D eigenvalue weighted by Gasteiger charge is 2.28. The molecule has 6 heteroatoms. The molecule has 0 aliphatic heterocycles. The van der Waals surface area contributed by atoms with Gasteiger partial charge in [-0.25, -0.2) is 0 Å². The third-order valence-corrected chi connectivity index (χ3v) is 4.92. The van der Waals surface area contributed by atoms with Crippen LogP contribution in [0.4, 0.5) is 0 Å². The van der Waals surface area contributed by atoms with Crippen LogP contribution < -0.4 is 5.32 Å². The van der Waals surface area contributed by atoms with Gasteiger partial charge in [0.2, 0.25) is 11.8 Å². The number of nitrogens with zero attached hydrogens (tertiary/aromatic N) is 1. The molecular formula is C21H24Cl2N2O2. The molecule has 0 saturated heterocycles. The van der Waals surface area contributed by atoms with Gasteiger partial charge < -0.3 is 10.2 Å². The number of benzene rings is 2. The summed E-state index contributed by atoms with van der Waals surface area (Å²) in [4.78, 5) is 27.3. The predicted octanol–water partition coefficient (Wildman–Crippen LogP) is 4.48. The second kappa shape index (κ2) is 10.3. The Balaban J connectivity index is 2.29. The van der Waals surface area contributed by atoms with E-state index in [9.17, 15) is 9.59 Å². The molecule has 0 saturated carbocycles. The summed E-state index contributed by atoms with van der Waals surface area (Å²) in [5, 5.41) is 4.00. The predicted molar refractivity (Wildman–Crippen MR) is 110 cm³/mol. The van der Waals surface area contributed by atoms with E-state index in [1.165, 1.54) is 0 Å². The third-order valence-electron chi connectivity index (χ3n) is 4.30. The molecule has 0 fully saturated rings. The Morgan fingerprint density at radius 2 is 1.70 bits per heavy atom. The molecule has 0 aliphatic carbocycles. The Labute approximate surface area is 170 Å². The Kier molecular flexibility index (Phi) is 8.14. The minimum absolute atomic E-state index is 0.142. The van der Waals surface area contributed by atoms with Gasteiger partial charge in [0.05, 0.1) is 6.42 Å². The van der Waals surface area contributed by atoms with E-state index in [-0.39, 0.29) is 18.2 Å². The fourth-order valence-corrected chi connectivity index (χ4v) is 3.23. The molecule has 0 unspecified atom stereocenters. The fourth-order valence-electron chi connectivity index (χ4n) is 2.90. The lowest BCUT2D eigenvalue weighted by molar-refractivity contribution is -0.140. The first kappa shape index (κ1) is 21.3. The van der Waals surface area contributed by atoms with E-state index in [0.29, 0.717) is 29.6 Å². The van der Waals surface area contributed by atoms with Crippen molar-refractivity contribution in [1.29, 1.82) is 0 Å². The Morgan fingerprint density at radius 3 is 2.30 bits per heavy atom. The molecule has 0 heterocycles. The van der Waals surface area contributed by atoms with Crippen LogP contribution in [0.2, 0.25) is 10.0 Å². The highest BCUT2D eigenvalue weighted by molar-refractivity contribution is 6.31. The molecule has 1 N–H and O–H groups in total. The largest absolute Gasteiger partial charge is 0.355 e. The van der Waals surface area contributed by atoms with Crippen molar-refractivity contribution in [3.05, 3.63) is 69.7 Å². The fraction of sp³-hybridized carbons (Fsp3) is 0.333. The standard InChI is InChI=1S/C21H24Cl2N2O2/c1-3-19(21(27)24-4-2)25(14-15-9-11-17(22)12-10-15)20(26)13-16-7-5-6-8-18(16)23/h5-12,19H,3-4,13-14H2,1-2H3,(H,24,27)/t19-/m1/s1. The summed E-state index contributed by atoms with van der Waals surface area (Å²) < 4.78 is 0. The Morgan fingerprint density at radius 1 is 1.04 bits per heavy atom. The normalized spacial score (nSPS) is 11.7. The maximum atomic E-state index is 13.1. The first-order chi connectivity index (χ1) is 13.0. The average molecular weight is 407 g/mol. The lowest BCUT2D eigenvalue weighted by atomic mass is 10.1. The number of hydrogen-bond acceptors (Lipinski definition) is 2. The van der Waals surface area contributed by atoms with Gasteiger partial charge in [-0.05, 0) is 42.7 Å². The average Bonchev–Trinajstić information content (AvgIpc) is 2.65. The van der Waals surface area contributed by atoms with Crippen LogP contribution in [0.3, 0.4) is 0 Å². The van der Waals surface area contributed by atoms with Crippen molar-refractivity contribution in [2.75, 3.05) is 6.54 Å². The van der Waals surface area contributed by atoms with Crippen molar-refractivity contribution in [3.63, 3.8) is 0 Å². The molecule has 4 nitrogen and oxygen atoms in total. The summed E-state index contributed by atoms with van der Waals surface area (Å²) in [7, 11) is 0. The molecular weight excluding hydrogens is 383 g/mol. The molecule has 2 amide bonds. The number of likely N-dealkylation sites (N-methyl/N-ethyl adjacent to an activating group) is 1. The van der Waals surface area contributed by atoms with Crippen LogP contribution >= 0.6 is 23.2 Å². The van der Waals surface area contributed by atoms with Gasteiger partial charge in [-0.2, -0.15) is 0 Å². The van der Waals surface area contributed by atoms with E-state index in [0.717, 1.165) is 11.1 Å². The summed E-state index contributed by atoms with van der Waals surface area (Å²) in [6.07, 6.45) is 0.664. The van der Waals surface area contributed by atoms with E-state index >= 15 is 0 Å². The van der Waals surface area contributed by atoms with Gasteiger partial charge in [0.15, 0.2) is 0 Å². The Bertz CT molecular complexity index is 778. The minimum atomic E-state index is -0.546. The number of carbonyl (C=O) groups is 2. The molecule has 2 aromatic carbocycles. The zero-order valence-corrected chi connectivity index (χ0v) is 17.1. The molecule has 0 aromatic heterocycles. The van der Waals surface area contributed by atoms with Crippen molar-refractivity contribution in [2.45, 2.75) is 39.3 Å². The molecule has 144 valence electrons. The molecule has 2 rings (SSSR count). The molecule has 2 aromatic rings. The molecule has 27 heavy (non-hydrogen) atoms. The van der Waals surface area contributed by atoms with Crippen LogP contribution in [0.1, 0.15) is 31.4 Å². The van der Waals surface area contributed by atoms with Gasteiger partial charge in [0, 0.05) is 23.1 Å². The van der Waals surface area contributed by atoms with Crippen molar-refractivity contribution in [1.82, 2.24) is 10.2 Å². The van der Waals surface area contributed by atoms with Crippen LogP contribution in [-0.2, 0) is 22.6 Å². The van der Waals surface area contributed by atoms with Crippen LogP contribution in [0, 0.1) is 0 Å². The number of nitrogens with one attached hydrogen (secondary N) is 1. The van der Waals surface area contributed by atoms with Gasteiger partial charge in [-0.15, -0.1) is 0 Å². The summed E-state index contributed by atoms with van der Waals surface area (Å²) >= 11 is 12.2. The number of hydrogen-bond donors (Lipinski definition) is 1. The number of amides is 2. The van der Waals surface area contributed by atoms with Gasteiger partial charge in [-0.3, -0.25) is 9.59 Å². The smallest absolute Gasteiger partial charge is 0.242 e. The van der Waals surface area contributed by atoms with Crippen LogP contribution in [0.15, 0.2) is 48.5 Å².